The molecule has 0 aromatic heterocycles. The van der Waals surface area contributed by atoms with Crippen molar-refractivity contribution in [2.45, 2.75) is 32.7 Å². The van der Waals surface area contributed by atoms with Crippen molar-refractivity contribution in [1.82, 2.24) is 4.90 Å². The number of carboxylic acids is 1. The first-order valence-electron chi connectivity index (χ1n) is 7.18. The number of hydrogen-bond donors (Lipinski definition) is 1. The molecule has 1 saturated heterocycles. The maximum atomic E-state index is 13.8. The number of methoxy groups -OCH3 is 1. The fourth-order valence-corrected chi connectivity index (χ4v) is 2.94. The number of ether oxygens (including phenoxy) is 1. The molecule has 0 saturated carbocycles. The van der Waals surface area contributed by atoms with Crippen LogP contribution in [0.3, 0.4) is 0 Å². The van der Waals surface area contributed by atoms with Gasteiger partial charge in [0.2, 0.25) is 0 Å². The summed E-state index contributed by atoms with van der Waals surface area (Å²) in [6.07, 6.45) is 1.52. The average Bonchev–Trinajstić information content (AvgIpc) is 2.46. The van der Waals surface area contributed by atoms with E-state index in [0.717, 1.165) is 18.5 Å². The molecular formula is C16H22FNO3. The number of aliphatic carboxylic acids is 1. The molecule has 4 nitrogen and oxygen atoms in total. The summed E-state index contributed by atoms with van der Waals surface area (Å²) in [5.41, 5.74) is 0.111. The maximum absolute atomic E-state index is 13.8. The van der Waals surface area contributed by atoms with Gasteiger partial charge in [0.25, 0.3) is 0 Å². The van der Waals surface area contributed by atoms with Crippen LogP contribution in [0.25, 0.3) is 0 Å². The highest BCUT2D eigenvalue weighted by Gasteiger charge is 2.39. The molecule has 2 unspecified atom stereocenters. The van der Waals surface area contributed by atoms with Gasteiger partial charge in [-0.05, 0) is 50.9 Å². The molecule has 0 spiro atoms. The molecule has 1 aliphatic heterocycles. The maximum Gasteiger partial charge on any atom is 0.310 e. The number of hydrogen-bond acceptors (Lipinski definition) is 3. The van der Waals surface area contributed by atoms with Crippen LogP contribution in [0.4, 0.5) is 4.39 Å². The highest BCUT2D eigenvalue weighted by molar-refractivity contribution is 5.74. The van der Waals surface area contributed by atoms with E-state index < -0.39 is 11.4 Å². The van der Waals surface area contributed by atoms with Crippen molar-refractivity contribution >= 4 is 5.97 Å². The topological polar surface area (TPSA) is 49.8 Å². The van der Waals surface area contributed by atoms with Gasteiger partial charge in [-0.3, -0.25) is 9.69 Å². The standard InChI is InChI=1S/C16H22FNO3/c1-11(12-5-6-14(21-3)13(17)9-12)18-8-4-7-16(2,10-18)15(19)20/h5-6,9,11H,4,7-8,10H2,1-3H3,(H,19,20). The van der Waals surface area contributed by atoms with E-state index in [9.17, 15) is 14.3 Å². The Balaban J connectivity index is 2.17. The van der Waals surface area contributed by atoms with E-state index in [0.29, 0.717) is 13.0 Å². The molecule has 5 heteroatoms. The van der Waals surface area contributed by atoms with Crippen molar-refractivity contribution in [3.8, 4) is 5.75 Å². The van der Waals surface area contributed by atoms with Crippen molar-refractivity contribution < 1.29 is 19.0 Å². The number of carboxylic acid groups (broad SMARTS) is 1. The fraction of sp³-hybridized carbons (Fsp3) is 0.562. The van der Waals surface area contributed by atoms with Crippen LogP contribution >= 0.6 is 0 Å². The Labute approximate surface area is 124 Å². The first-order valence-corrected chi connectivity index (χ1v) is 7.18. The third-order valence-electron chi connectivity index (χ3n) is 4.45. The minimum atomic E-state index is -0.764. The molecule has 2 rings (SSSR count). The van der Waals surface area contributed by atoms with Crippen molar-refractivity contribution in [2.24, 2.45) is 5.41 Å². The summed E-state index contributed by atoms with van der Waals surface area (Å²) in [6.45, 7) is 5.08. The van der Waals surface area contributed by atoms with Crippen molar-refractivity contribution in [3.63, 3.8) is 0 Å². The largest absolute Gasteiger partial charge is 0.494 e. The van der Waals surface area contributed by atoms with Crippen LogP contribution in [0.5, 0.6) is 5.75 Å². The number of likely N-dealkylation sites (tertiary alicyclic amines) is 1. The second kappa shape index (κ2) is 6.02. The zero-order chi connectivity index (χ0) is 15.6. The molecule has 0 amide bonds. The van der Waals surface area contributed by atoms with Crippen LogP contribution < -0.4 is 4.74 Å². The summed E-state index contributed by atoms with van der Waals surface area (Å²) in [4.78, 5) is 13.5. The van der Waals surface area contributed by atoms with E-state index in [4.69, 9.17) is 4.74 Å². The number of halogens is 1. The number of rotatable bonds is 4. The van der Waals surface area contributed by atoms with E-state index in [2.05, 4.69) is 4.90 Å². The Bertz CT molecular complexity index is 534. The monoisotopic (exact) mass is 295 g/mol. The first kappa shape index (κ1) is 15.8. The van der Waals surface area contributed by atoms with Crippen LogP contribution in [-0.4, -0.2) is 36.2 Å². The van der Waals surface area contributed by atoms with Gasteiger partial charge in [0, 0.05) is 12.6 Å². The van der Waals surface area contributed by atoms with E-state index in [1.54, 1.807) is 13.0 Å². The molecule has 2 atom stereocenters. The zero-order valence-corrected chi connectivity index (χ0v) is 12.7. The molecule has 1 aliphatic rings. The summed E-state index contributed by atoms with van der Waals surface area (Å²) in [5.74, 6) is -0.930. The van der Waals surface area contributed by atoms with Crippen LogP contribution in [0, 0.1) is 11.2 Å². The van der Waals surface area contributed by atoms with Gasteiger partial charge in [-0.2, -0.15) is 0 Å². The van der Waals surface area contributed by atoms with Crippen molar-refractivity contribution in [1.29, 1.82) is 0 Å². The predicted octanol–water partition coefficient (Wildman–Crippen LogP) is 3.08. The third-order valence-corrected chi connectivity index (χ3v) is 4.45. The molecule has 116 valence electrons. The smallest absolute Gasteiger partial charge is 0.310 e. The van der Waals surface area contributed by atoms with E-state index >= 15 is 0 Å². The normalized spacial score (nSPS) is 24.6. The van der Waals surface area contributed by atoms with Crippen LogP contribution in [0.2, 0.25) is 0 Å². The quantitative estimate of drug-likeness (QED) is 0.927. The second-order valence-corrected chi connectivity index (χ2v) is 6.01. The highest BCUT2D eigenvalue weighted by Crippen LogP contribution is 2.35. The number of carbonyl (C=O) groups is 1. The highest BCUT2D eigenvalue weighted by atomic mass is 19.1. The van der Waals surface area contributed by atoms with E-state index in [1.807, 2.05) is 13.0 Å². The minimum absolute atomic E-state index is 0.0237. The number of benzene rings is 1. The Morgan fingerprint density at radius 1 is 1.52 bits per heavy atom. The van der Waals surface area contributed by atoms with Gasteiger partial charge < -0.3 is 9.84 Å². The summed E-state index contributed by atoms with van der Waals surface area (Å²) in [5, 5.41) is 9.38. The molecule has 0 radical (unpaired) electrons. The lowest BCUT2D eigenvalue weighted by Gasteiger charge is -2.40. The van der Waals surface area contributed by atoms with E-state index in [-0.39, 0.29) is 17.6 Å². The van der Waals surface area contributed by atoms with Crippen LogP contribution in [0.15, 0.2) is 18.2 Å². The van der Waals surface area contributed by atoms with Gasteiger partial charge >= 0.3 is 5.97 Å². The molecule has 1 N–H and O–H groups in total. The Kier molecular flexibility index (Phi) is 4.52. The second-order valence-electron chi connectivity index (χ2n) is 6.01. The SMILES string of the molecule is COc1ccc(C(C)N2CCCC(C)(C(=O)O)C2)cc1F. The lowest BCUT2D eigenvalue weighted by atomic mass is 9.81. The molecule has 21 heavy (non-hydrogen) atoms. The molecule has 0 bridgehead atoms. The van der Waals surface area contributed by atoms with Crippen LogP contribution in [-0.2, 0) is 4.79 Å². The Morgan fingerprint density at radius 3 is 2.81 bits per heavy atom. The summed E-state index contributed by atoms with van der Waals surface area (Å²) in [7, 11) is 1.43. The lowest BCUT2D eigenvalue weighted by Crippen LogP contribution is -2.46. The van der Waals surface area contributed by atoms with Gasteiger partial charge in [0.05, 0.1) is 12.5 Å². The molecule has 1 aromatic carbocycles. The first-order chi connectivity index (χ1) is 9.87. The van der Waals surface area contributed by atoms with E-state index in [1.165, 1.54) is 13.2 Å². The van der Waals surface area contributed by atoms with Crippen molar-refractivity contribution in [2.75, 3.05) is 20.2 Å². The average molecular weight is 295 g/mol. The van der Waals surface area contributed by atoms with Gasteiger partial charge in [0.15, 0.2) is 11.6 Å². The molecule has 1 fully saturated rings. The zero-order valence-electron chi connectivity index (χ0n) is 12.7. The fourth-order valence-electron chi connectivity index (χ4n) is 2.94. The predicted molar refractivity (Wildman–Crippen MR) is 77.9 cm³/mol. The summed E-state index contributed by atoms with van der Waals surface area (Å²) < 4.78 is 18.7. The number of piperidine rings is 1. The van der Waals surface area contributed by atoms with Crippen molar-refractivity contribution in [3.05, 3.63) is 29.6 Å². The van der Waals surface area contributed by atoms with Gasteiger partial charge in [-0.1, -0.05) is 6.07 Å². The van der Waals surface area contributed by atoms with Gasteiger partial charge in [-0.15, -0.1) is 0 Å². The molecule has 1 aromatic rings. The van der Waals surface area contributed by atoms with Crippen LogP contribution in [0.1, 0.15) is 38.3 Å². The molecular weight excluding hydrogens is 273 g/mol. The summed E-state index contributed by atoms with van der Waals surface area (Å²) in [6, 6.07) is 4.89. The lowest BCUT2D eigenvalue weighted by molar-refractivity contribution is -0.151. The Morgan fingerprint density at radius 2 is 2.24 bits per heavy atom. The van der Waals surface area contributed by atoms with Gasteiger partial charge in [0.1, 0.15) is 0 Å². The molecule has 1 heterocycles. The molecule has 0 aliphatic carbocycles. The third kappa shape index (κ3) is 3.18. The Hall–Kier alpha value is -1.62. The number of nitrogens with zero attached hydrogens (tertiary/aromatic N) is 1. The minimum Gasteiger partial charge on any atom is -0.494 e. The summed E-state index contributed by atoms with van der Waals surface area (Å²) >= 11 is 0. The van der Waals surface area contributed by atoms with Gasteiger partial charge in [-0.25, -0.2) is 4.39 Å².